The first-order valence-electron chi connectivity index (χ1n) is 6.03. The zero-order chi connectivity index (χ0) is 10.7. The van der Waals surface area contributed by atoms with Crippen LogP contribution in [0, 0.1) is 5.92 Å². The molecule has 0 saturated heterocycles. The van der Waals surface area contributed by atoms with Crippen LogP contribution in [-0.4, -0.2) is 23.1 Å². The van der Waals surface area contributed by atoms with E-state index in [1.807, 2.05) is 7.05 Å². The number of hydrogen-bond acceptors (Lipinski definition) is 2. The van der Waals surface area contributed by atoms with Gasteiger partial charge >= 0.3 is 0 Å². The number of rotatable bonds is 4. The van der Waals surface area contributed by atoms with Crippen LogP contribution in [0.4, 0.5) is 0 Å². The highest BCUT2D eigenvalue weighted by Crippen LogP contribution is 2.23. The lowest BCUT2D eigenvalue weighted by molar-refractivity contribution is 0.341. The molecule has 1 aliphatic heterocycles. The summed E-state index contributed by atoms with van der Waals surface area (Å²) in [5.74, 6) is 2.10. The Hall–Kier alpha value is -0.830. The number of aryl methyl sites for hydroxylation is 2. The van der Waals surface area contributed by atoms with E-state index < -0.39 is 0 Å². The fourth-order valence-electron chi connectivity index (χ4n) is 2.44. The molecule has 2 rings (SSSR count). The van der Waals surface area contributed by atoms with Crippen LogP contribution >= 0.6 is 0 Å². The van der Waals surface area contributed by atoms with Gasteiger partial charge in [-0.05, 0) is 38.8 Å². The zero-order valence-corrected chi connectivity index (χ0v) is 9.79. The van der Waals surface area contributed by atoms with Crippen molar-refractivity contribution < 1.29 is 0 Å². The first-order valence-corrected chi connectivity index (χ1v) is 6.03. The maximum atomic E-state index is 4.48. The van der Waals surface area contributed by atoms with Gasteiger partial charge in [-0.15, -0.1) is 0 Å². The smallest absolute Gasteiger partial charge is 0.108 e. The van der Waals surface area contributed by atoms with Crippen LogP contribution in [0.15, 0.2) is 6.20 Å². The Morgan fingerprint density at radius 1 is 1.60 bits per heavy atom. The molecule has 3 heteroatoms. The van der Waals surface area contributed by atoms with Crippen LogP contribution < -0.4 is 5.32 Å². The standard InChI is InChI=1S/C12H21N3/c1-3-12-14-8-11-5-4-10(6-7-13-2)9-15(11)12/h8,10,13H,3-7,9H2,1-2H3. The molecular weight excluding hydrogens is 186 g/mol. The quantitative estimate of drug-likeness (QED) is 0.813. The normalized spacial score (nSPS) is 20.3. The molecule has 0 aliphatic carbocycles. The Labute approximate surface area is 91.9 Å². The van der Waals surface area contributed by atoms with Crippen molar-refractivity contribution in [2.75, 3.05) is 13.6 Å². The number of aromatic nitrogens is 2. The number of imidazole rings is 1. The molecule has 15 heavy (non-hydrogen) atoms. The minimum atomic E-state index is 0.837. The maximum Gasteiger partial charge on any atom is 0.108 e. The number of fused-ring (bicyclic) bond motifs is 1. The Kier molecular flexibility index (Phi) is 3.41. The van der Waals surface area contributed by atoms with Gasteiger partial charge in [0.15, 0.2) is 0 Å². The van der Waals surface area contributed by atoms with E-state index in [1.165, 1.54) is 37.3 Å². The summed E-state index contributed by atoms with van der Waals surface area (Å²) in [7, 11) is 2.03. The highest BCUT2D eigenvalue weighted by Gasteiger charge is 2.20. The highest BCUT2D eigenvalue weighted by atomic mass is 15.1. The average Bonchev–Trinajstić information content (AvgIpc) is 2.68. The molecule has 1 atom stereocenters. The second kappa shape index (κ2) is 4.79. The highest BCUT2D eigenvalue weighted by molar-refractivity contribution is 5.08. The molecular formula is C12H21N3. The third kappa shape index (κ3) is 2.23. The van der Waals surface area contributed by atoms with Crippen molar-refractivity contribution >= 4 is 0 Å². The van der Waals surface area contributed by atoms with E-state index in [-0.39, 0.29) is 0 Å². The lowest BCUT2D eigenvalue weighted by Gasteiger charge is -2.25. The van der Waals surface area contributed by atoms with Gasteiger partial charge in [0.05, 0.1) is 0 Å². The molecule has 1 unspecified atom stereocenters. The van der Waals surface area contributed by atoms with Gasteiger partial charge in [0.1, 0.15) is 5.82 Å². The van der Waals surface area contributed by atoms with Gasteiger partial charge < -0.3 is 9.88 Å². The van der Waals surface area contributed by atoms with Crippen molar-refractivity contribution in [1.82, 2.24) is 14.9 Å². The summed E-state index contributed by atoms with van der Waals surface area (Å²) in [5, 5.41) is 3.24. The summed E-state index contributed by atoms with van der Waals surface area (Å²) in [4.78, 5) is 4.48. The van der Waals surface area contributed by atoms with Gasteiger partial charge in [0.25, 0.3) is 0 Å². The van der Waals surface area contributed by atoms with E-state index in [0.717, 1.165) is 18.9 Å². The number of nitrogens with zero attached hydrogens (tertiary/aromatic N) is 2. The molecule has 1 aliphatic rings. The Bertz CT molecular complexity index is 303. The second-order valence-electron chi connectivity index (χ2n) is 4.43. The molecule has 0 radical (unpaired) electrons. The molecule has 2 heterocycles. The zero-order valence-electron chi connectivity index (χ0n) is 9.79. The summed E-state index contributed by atoms with van der Waals surface area (Å²) in [6.45, 7) is 4.50. The largest absolute Gasteiger partial charge is 0.332 e. The summed E-state index contributed by atoms with van der Waals surface area (Å²) >= 11 is 0. The Balaban J connectivity index is 2.04. The van der Waals surface area contributed by atoms with Gasteiger partial charge in [-0.2, -0.15) is 0 Å². The van der Waals surface area contributed by atoms with E-state index in [1.54, 1.807) is 0 Å². The van der Waals surface area contributed by atoms with Crippen molar-refractivity contribution in [2.24, 2.45) is 5.92 Å². The molecule has 0 amide bonds. The van der Waals surface area contributed by atoms with Crippen LogP contribution in [0.5, 0.6) is 0 Å². The van der Waals surface area contributed by atoms with E-state index in [9.17, 15) is 0 Å². The van der Waals surface area contributed by atoms with Crippen molar-refractivity contribution in [1.29, 1.82) is 0 Å². The third-order valence-corrected chi connectivity index (χ3v) is 3.39. The maximum absolute atomic E-state index is 4.48. The molecule has 0 spiro atoms. The Morgan fingerprint density at radius 3 is 3.20 bits per heavy atom. The average molecular weight is 207 g/mol. The van der Waals surface area contributed by atoms with E-state index in [2.05, 4.69) is 28.0 Å². The van der Waals surface area contributed by atoms with Crippen LogP contribution in [0.1, 0.15) is 31.3 Å². The molecule has 84 valence electrons. The van der Waals surface area contributed by atoms with E-state index >= 15 is 0 Å². The lowest BCUT2D eigenvalue weighted by atomic mass is 9.95. The van der Waals surface area contributed by atoms with Gasteiger partial charge in [-0.1, -0.05) is 6.92 Å². The summed E-state index contributed by atoms with van der Waals surface area (Å²) in [6, 6.07) is 0. The van der Waals surface area contributed by atoms with Crippen LogP contribution in [0.25, 0.3) is 0 Å². The third-order valence-electron chi connectivity index (χ3n) is 3.39. The van der Waals surface area contributed by atoms with Gasteiger partial charge in [0, 0.05) is 24.9 Å². The monoisotopic (exact) mass is 207 g/mol. The van der Waals surface area contributed by atoms with Gasteiger partial charge in [-0.25, -0.2) is 4.98 Å². The van der Waals surface area contributed by atoms with Gasteiger partial charge in [-0.3, -0.25) is 0 Å². The molecule has 0 fully saturated rings. The van der Waals surface area contributed by atoms with E-state index in [4.69, 9.17) is 0 Å². The molecule has 1 N–H and O–H groups in total. The van der Waals surface area contributed by atoms with Crippen molar-refractivity contribution in [3.05, 3.63) is 17.7 Å². The fraction of sp³-hybridized carbons (Fsp3) is 0.750. The lowest BCUT2D eigenvalue weighted by Crippen LogP contribution is -2.24. The van der Waals surface area contributed by atoms with Gasteiger partial charge in [0.2, 0.25) is 0 Å². The van der Waals surface area contributed by atoms with Crippen molar-refractivity contribution in [3.63, 3.8) is 0 Å². The first-order chi connectivity index (χ1) is 7.35. The van der Waals surface area contributed by atoms with Crippen LogP contribution in [0.2, 0.25) is 0 Å². The molecule has 1 aromatic heterocycles. The first kappa shape index (κ1) is 10.7. The van der Waals surface area contributed by atoms with E-state index in [0.29, 0.717) is 0 Å². The molecule has 0 aromatic carbocycles. The SMILES string of the molecule is CCc1ncc2n1CC(CCNC)CC2. The fourth-order valence-corrected chi connectivity index (χ4v) is 2.44. The predicted molar refractivity (Wildman–Crippen MR) is 62.0 cm³/mol. The minimum absolute atomic E-state index is 0.837. The van der Waals surface area contributed by atoms with Crippen molar-refractivity contribution in [2.45, 2.75) is 39.2 Å². The molecule has 1 aromatic rings. The molecule has 3 nitrogen and oxygen atoms in total. The minimum Gasteiger partial charge on any atom is -0.332 e. The van der Waals surface area contributed by atoms with Crippen LogP contribution in [-0.2, 0) is 19.4 Å². The van der Waals surface area contributed by atoms with Crippen molar-refractivity contribution in [3.8, 4) is 0 Å². The number of hydrogen-bond donors (Lipinski definition) is 1. The number of nitrogens with one attached hydrogen (secondary N) is 1. The predicted octanol–water partition coefficient (Wildman–Crippen LogP) is 1.62. The summed E-state index contributed by atoms with van der Waals surface area (Å²) in [6.07, 6.45) is 6.95. The summed E-state index contributed by atoms with van der Waals surface area (Å²) in [5.41, 5.74) is 1.44. The topological polar surface area (TPSA) is 29.9 Å². The Morgan fingerprint density at radius 2 is 2.47 bits per heavy atom. The van der Waals surface area contributed by atoms with Crippen LogP contribution in [0.3, 0.4) is 0 Å². The molecule has 0 bridgehead atoms. The summed E-state index contributed by atoms with van der Waals surface area (Å²) < 4.78 is 2.43. The molecule has 0 saturated carbocycles. The second-order valence-corrected chi connectivity index (χ2v) is 4.43.